The summed E-state index contributed by atoms with van der Waals surface area (Å²) in [6.07, 6.45) is -0.896. The van der Waals surface area contributed by atoms with Gasteiger partial charge in [-0.1, -0.05) is 0 Å². The standard InChI is InChI=1S/C13H14BrNO4S/c1-17-7-4-8(18-2)10(9(5-7)19-3)11(16)12-13(14)15-6-20-12/h4-6,11,16H,1-3H3. The quantitative estimate of drug-likeness (QED) is 0.888. The van der Waals surface area contributed by atoms with E-state index < -0.39 is 6.10 Å². The van der Waals surface area contributed by atoms with Gasteiger partial charge in [-0.2, -0.15) is 0 Å². The Morgan fingerprint density at radius 1 is 1.15 bits per heavy atom. The number of thiazole rings is 1. The van der Waals surface area contributed by atoms with Crippen molar-refractivity contribution in [2.75, 3.05) is 21.3 Å². The van der Waals surface area contributed by atoms with Gasteiger partial charge in [0.15, 0.2) is 0 Å². The van der Waals surface area contributed by atoms with Gasteiger partial charge < -0.3 is 19.3 Å². The van der Waals surface area contributed by atoms with Crippen molar-refractivity contribution < 1.29 is 19.3 Å². The summed E-state index contributed by atoms with van der Waals surface area (Å²) < 4.78 is 16.5. The molecule has 7 heteroatoms. The minimum absolute atomic E-state index is 0.494. The topological polar surface area (TPSA) is 60.8 Å². The third kappa shape index (κ3) is 2.74. The maximum absolute atomic E-state index is 10.6. The molecule has 108 valence electrons. The van der Waals surface area contributed by atoms with Crippen LogP contribution in [0.25, 0.3) is 0 Å². The summed E-state index contributed by atoms with van der Waals surface area (Å²) in [6, 6.07) is 3.41. The maximum Gasteiger partial charge on any atom is 0.132 e. The Bertz CT molecular complexity index is 577. The van der Waals surface area contributed by atoms with Gasteiger partial charge in [-0.25, -0.2) is 4.98 Å². The molecule has 20 heavy (non-hydrogen) atoms. The average Bonchev–Trinajstić information content (AvgIpc) is 2.91. The number of hydrogen-bond acceptors (Lipinski definition) is 6. The molecular weight excluding hydrogens is 346 g/mol. The molecule has 0 amide bonds. The van der Waals surface area contributed by atoms with E-state index in [9.17, 15) is 5.11 Å². The summed E-state index contributed by atoms with van der Waals surface area (Å²) >= 11 is 4.67. The van der Waals surface area contributed by atoms with E-state index in [0.717, 1.165) is 0 Å². The highest BCUT2D eigenvalue weighted by molar-refractivity contribution is 9.10. The van der Waals surface area contributed by atoms with Crippen LogP contribution in [-0.4, -0.2) is 31.4 Å². The van der Waals surface area contributed by atoms with Gasteiger partial charge in [0.05, 0.1) is 37.3 Å². The van der Waals surface area contributed by atoms with Gasteiger partial charge in [0.25, 0.3) is 0 Å². The third-order valence-corrected chi connectivity index (χ3v) is 4.60. The maximum atomic E-state index is 10.6. The van der Waals surface area contributed by atoms with Crippen LogP contribution in [0.5, 0.6) is 17.2 Å². The molecule has 0 spiro atoms. The number of halogens is 1. The van der Waals surface area contributed by atoms with Crippen LogP contribution in [0.15, 0.2) is 22.2 Å². The van der Waals surface area contributed by atoms with Crippen LogP contribution < -0.4 is 14.2 Å². The van der Waals surface area contributed by atoms with Crippen molar-refractivity contribution in [1.29, 1.82) is 0 Å². The molecule has 0 fully saturated rings. The van der Waals surface area contributed by atoms with Gasteiger partial charge in [0, 0.05) is 12.1 Å². The Morgan fingerprint density at radius 2 is 1.75 bits per heavy atom. The monoisotopic (exact) mass is 359 g/mol. The Balaban J connectivity index is 2.57. The van der Waals surface area contributed by atoms with Gasteiger partial charge in [0.2, 0.25) is 0 Å². The fourth-order valence-corrected chi connectivity index (χ4v) is 3.26. The molecular formula is C13H14BrNO4S. The van der Waals surface area contributed by atoms with Crippen LogP contribution in [0, 0.1) is 0 Å². The average molecular weight is 360 g/mol. The summed E-state index contributed by atoms with van der Waals surface area (Å²) in [5.41, 5.74) is 2.20. The smallest absolute Gasteiger partial charge is 0.132 e. The van der Waals surface area contributed by atoms with Crippen molar-refractivity contribution in [3.05, 3.63) is 32.7 Å². The van der Waals surface area contributed by atoms with E-state index in [2.05, 4.69) is 20.9 Å². The van der Waals surface area contributed by atoms with Crippen molar-refractivity contribution in [3.8, 4) is 17.2 Å². The Kier molecular flexibility index (Phi) is 4.85. The van der Waals surface area contributed by atoms with E-state index in [1.807, 2.05) is 0 Å². The van der Waals surface area contributed by atoms with Crippen LogP contribution >= 0.6 is 27.3 Å². The molecule has 1 heterocycles. The van der Waals surface area contributed by atoms with Crippen LogP contribution in [0.3, 0.4) is 0 Å². The van der Waals surface area contributed by atoms with Gasteiger partial charge in [-0.05, 0) is 15.9 Å². The lowest BCUT2D eigenvalue weighted by molar-refractivity contribution is 0.211. The summed E-state index contributed by atoms with van der Waals surface area (Å²) in [5, 5.41) is 10.6. The van der Waals surface area contributed by atoms with E-state index in [0.29, 0.717) is 32.3 Å². The second-order valence-electron chi connectivity index (χ2n) is 3.86. The molecule has 1 aromatic heterocycles. The SMILES string of the molecule is COc1cc(OC)c(C(O)c2scnc2Br)c(OC)c1. The van der Waals surface area contributed by atoms with Crippen LogP contribution in [0.1, 0.15) is 16.5 Å². The minimum Gasteiger partial charge on any atom is -0.496 e. The first-order chi connectivity index (χ1) is 9.62. The summed E-state index contributed by atoms with van der Waals surface area (Å²) in [4.78, 5) is 4.76. The fourth-order valence-electron chi connectivity index (χ4n) is 1.85. The lowest BCUT2D eigenvalue weighted by Gasteiger charge is -2.18. The molecule has 1 unspecified atom stereocenters. The molecule has 0 radical (unpaired) electrons. The summed E-state index contributed by atoms with van der Waals surface area (Å²) in [6.45, 7) is 0. The van der Waals surface area contributed by atoms with Gasteiger partial charge in [-0.15, -0.1) is 11.3 Å². The summed E-state index contributed by atoms with van der Waals surface area (Å²) in [7, 11) is 4.63. The first-order valence-corrected chi connectivity index (χ1v) is 7.36. The molecule has 0 saturated carbocycles. The lowest BCUT2D eigenvalue weighted by Crippen LogP contribution is -2.05. The normalized spacial score (nSPS) is 12.1. The first-order valence-electron chi connectivity index (χ1n) is 5.69. The highest BCUT2D eigenvalue weighted by atomic mass is 79.9. The van der Waals surface area contributed by atoms with Crippen molar-refractivity contribution in [1.82, 2.24) is 4.98 Å². The Hall–Kier alpha value is -1.31. The predicted octanol–water partition coefficient (Wildman–Crippen LogP) is 3.01. The predicted molar refractivity (Wildman–Crippen MR) is 80.0 cm³/mol. The molecule has 5 nitrogen and oxygen atoms in total. The number of aliphatic hydroxyl groups excluding tert-OH is 1. The van der Waals surface area contributed by atoms with Crippen molar-refractivity contribution in [2.45, 2.75) is 6.10 Å². The highest BCUT2D eigenvalue weighted by Crippen LogP contribution is 2.43. The number of rotatable bonds is 5. The van der Waals surface area contributed by atoms with Gasteiger partial charge in [0.1, 0.15) is 28.0 Å². The first kappa shape index (κ1) is 15.1. The molecule has 0 aliphatic rings. The largest absolute Gasteiger partial charge is 0.496 e. The number of ether oxygens (including phenoxy) is 3. The van der Waals surface area contributed by atoms with Crippen molar-refractivity contribution in [2.24, 2.45) is 0 Å². The number of hydrogen-bond donors (Lipinski definition) is 1. The van der Waals surface area contributed by atoms with Crippen LogP contribution in [0.4, 0.5) is 0 Å². The second-order valence-corrected chi connectivity index (χ2v) is 5.49. The van der Waals surface area contributed by atoms with Crippen molar-refractivity contribution in [3.63, 3.8) is 0 Å². The zero-order valence-corrected chi connectivity index (χ0v) is 13.6. The molecule has 1 atom stereocenters. The fraction of sp³-hybridized carbons (Fsp3) is 0.308. The van der Waals surface area contributed by atoms with Crippen LogP contribution in [0.2, 0.25) is 0 Å². The number of aromatic nitrogens is 1. The number of aliphatic hydroxyl groups is 1. The van der Waals surface area contributed by atoms with Gasteiger partial charge >= 0.3 is 0 Å². The molecule has 2 rings (SSSR count). The molecule has 1 N–H and O–H groups in total. The molecule has 0 aliphatic carbocycles. The third-order valence-electron chi connectivity index (χ3n) is 2.82. The second kappa shape index (κ2) is 6.43. The zero-order chi connectivity index (χ0) is 14.7. The molecule has 0 bridgehead atoms. The van der Waals surface area contributed by atoms with E-state index in [-0.39, 0.29) is 0 Å². The van der Waals surface area contributed by atoms with E-state index in [1.54, 1.807) is 24.8 Å². The summed E-state index contributed by atoms with van der Waals surface area (Å²) in [5.74, 6) is 1.58. The number of methoxy groups -OCH3 is 3. The highest BCUT2D eigenvalue weighted by Gasteiger charge is 2.25. The van der Waals surface area contributed by atoms with E-state index >= 15 is 0 Å². The van der Waals surface area contributed by atoms with E-state index in [4.69, 9.17) is 14.2 Å². The molecule has 0 saturated heterocycles. The van der Waals surface area contributed by atoms with E-state index in [1.165, 1.54) is 25.6 Å². The number of benzene rings is 1. The molecule has 1 aromatic carbocycles. The number of nitrogens with zero attached hydrogens (tertiary/aromatic N) is 1. The zero-order valence-electron chi connectivity index (χ0n) is 11.2. The minimum atomic E-state index is -0.896. The Labute approximate surface area is 129 Å². The molecule has 0 aliphatic heterocycles. The lowest BCUT2D eigenvalue weighted by atomic mass is 10.1. The van der Waals surface area contributed by atoms with Crippen molar-refractivity contribution >= 4 is 27.3 Å². The van der Waals surface area contributed by atoms with Crippen LogP contribution in [-0.2, 0) is 0 Å². The Morgan fingerprint density at radius 3 is 2.15 bits per heavy atom. The molecule has 2 aromatic rings. The van der Waals surface area contributed by atoms with Gasteiger partial charge in [-0.3, -0.25) is 0 Å².